The van der Waals surface area contributed by atoms with E-state index in [4.69, 9.17) is 0 Å². The van der Waals surface area contributed by atoms with Crippen LogP contribution in [0.1, 0.15) is 32.6 Å². The highest BCUT2D eigenvalue weighted by Gasteiger charge is 2.42. The van der Waals surface area contributed by atoms with E-state index in [1.54, 1.807) is 24.3 Å². The summed E-state index contributed by atoms with van der Waals surface area (Å²) in [5.74, 6) is 1.93. The van der Waals surface area contributed by atoms with E-state index in [0.29, 0.717) is 16.8 Å². The molecule has 2 aromatic rings. The van der Waals surface area contributed by atoms with Gasteiger partial charge in [0.2, 0.25) is 5.91 Å². The molecule has 4 atom stereocenters. The minimum atomic E-state index is -0.550. The summed E-state index contributed by atoms with van der Waals surface area (Å²) in [6.45, 7) is 1.98. The van der Waals surface area contributed by atoms with Gasteiger partial charge in [0.1, 0.15) is 6.54 Å². The molecule has 0 radical (unpaired) electrons. The van der Waals surface area contributed by atoms with Crippen LogP contribution in [0.5, 0.6) is 0 Å². The van der Waals surface area contributed by atoms with Gasteiger partial charge >= 0.3 is 5.69 Å². The fraction of sp³-hybridized carbons (Fsp3) is 0.526. The summed E-state index contributed by atoms with van der Waals surface area (Å²) < 4.78 is 1.33. The summed E-state index contributed by atoms with van der Waals surface area (Å²) in [6, 6.07) is 6.96. The number of H-pyrrole nitrogens is 1. The van der Waals surface area contributed by atoms with Crippen molar-refractivity contribution < 1.29 is 4.79 Å². The maximum Gasteiger partial charge on any atom is 0.329 e. The third-order valence-corrected chi connectivity index (χ3v) is 6.03. The molecule has 2 saturated carbocycles. The number of hydrogen-bond acceptors (Lipinski definition) is 3. The van der Waals surface area contributed by atoms with Gasteiger partial charge in [0.15, 0.2) is 0 Å². The monoisotopic (exact) mass is 341 g/mol. The Balaban J connectivity index is 1.52. The smallest absolute Gasteiger partial charge is 0.329 e. The summed E-state index contributed by atoms with van der Waals surface area (Å²) >= 11 is 0. The first-order chi connectivity index (χ1) is 12.0. The van der Waals surface area contributed by atoms with Gasteiger partial charge in [0.25, 0.3) is 5.56 Å². The fourth-order valence-electron chi connectivity index (χ4n) is 4.86. The van der Waals surface area contributed by atoms with Gasteiger partial charge < -0.3 is 5.32 Å². The SMILES string of the molecule is C[C@H](NC(=O)Cn1c(=O)[nH]c(=O)c2ccccc21)[C@@H]1C[C@H]2CC[C@H]1C2. The number of aromatic amines is 1. The lowest BCUT2D eigenvalue weighted by Gasteiger charge is -2.28. The number of aromatic nitrogens is 2. The van der Waals surface area contributed by atoms with Crippen LogP contribution >= 0.6 is 0 Å². The molecule has 1 heterocycles. The summed E-state index contributed by atoms with van der Waals surface area (Å²) in [5, 5.41) is 3.48. The average Bonchev–Trinajstić information content (AvgIpc) is 3.22. The molecule has 2 fully saturated rings. The van der Waals surface area contributed by atoms with E-state index in [2.05, 4.69) is 17.2 Å². The van der Waals surface area contributed by atoms with Crippen molar-refractivity contribution in [3.05, 3.63) is 45.1 Å². The van der Waals surface area contributed by atoms with E-state index < -0.39 is 11.2 Å². The van der Waals surface area contributed by atoms with Gasteiger partial charge in [0.05, 0.1) is 10.9 Å². The minimum Gasteiger partial charge on any atom is -0.352 e. The third kappa shape index (κ3) is 2.90. The van der Waals surface area contributed by atoms with Crippen LogP contribution in [0.25, 0.3) is 10.9 Å². The first kappa shape index (κ1) is 16.1. The molecule has 0 spiro atoms. The molecule has 2 N–H and O–H groups in total. The molecule has 2 aliphatic rings. The first-order valence-corrected chi connectivity index (χ1v) is 9.04. The Bertz CT molecular complexity index is 929. The van der Waals surface area contributed by atoms with E-state index >= 15 is 0 Å². The normalized spacial score (nSPS) is 26.0. The molecular weight excluding hydrogens is 318 g/mol. The van der Waals surface area contributed by atoms with Crippen molar-refractivity contribution in [1.82, 2.24) is 14.9 Å². The molecule has 6 nitrogen and oxygen atoms in total. The van der Waals surface area contributed by atoms with Crippen molar-refractivity contribution in [1.29, 1.82) is 0 Å². The molecule has 2 bridgehead atoms. The van der Waals surface area contributed by atoms with Crippen LogP contribution in [-0.4, -0.2) is 21.5 Å². The molecular formula is C19H23N3O3. The van der Waals surface area contributed by atoms with E-state index in [9.17, 15) is 14.4 Å². The zero-order chi connectivity index (χ0) is 17.6. The Morgan fingerprint density at radius 1 is 1.28 bits per heavy atom. The van der Waals surface area contributed by atoms with Crippen molar-refractivity contribution in [3.63, 3.8) is 0 Å². The summed E-state index contributed by atoms with van der Waals surface area (Å²) in [5.41, 5.74) is -0.488. The Kier molecular flexibility index (Phi) is 3.98. The number of para-hydroxylation sites is 1. The number of benzene rings is 1. The number of fused-ring (bicyclic) bond motifs is 3. The lowest BCUT2D eigenvalue weighted by molar-refractivity contribution is -0.122. The molecule has 132 valence electrons. The Labute approximate surface area is 145 Å². The number of hydrogen-bond donors (Lipinski definition) is 2. The maximum atomic E-state index is 12.5. The Morgan fingerprint density at radius 3 is 2.80 bits per heavy atom. The average molecular weight is 341 g/mol. The van der Waals surface area contributed by atoms with E-state index in [1.807, 2.05) is 0 Å². The Morgan fingerprint density at radius 2 is 2.08 bits per heavy atom. The number of rotatable bonds is 4. The van der Waals surface area contributed by atoms with Gasteiger partial charge in [-0.3, -0.25) is 19.1 Å². The lowest BCUT2D eigenvalue weighted by atomic mass is 9.84. The highest BCUT2D eigenvalue weighted by atomic mass is 16.2. The summed E-state index contributed by atoms with van der Waals surface area (Å²) in [6.07, 6.45) is 5.11. The zero-order valence-electron chi connectivity index (χ0n) is 14.3. The molecule has 0 aliphatic heterocycles. The topological polar surface area (TPSA) is 84.0 Å². The van der Waals surface area contributed by atoms with Crippen LogP contribution in [0.15, 0.2) is 33.9 Å². The van der Waals surface area contributed by atoms with Gasteiger partial charge in [0, 0.05) is 6.04 Å². The molecule has 1 aromatic carbocycles. The molecule has 4 rings (SSSR count). The van der Waals surface area contributed by atoms with Crippen LogP contribution in [0, 0.1) is 17.8 Å². The van der Waals surface area contributed by atoms with E-state index in [0.717, 1.165) is 11.8 Å². The van der Waals surface area contributed by atoms with E-state index in [-0.39, 0.29) is 18.5 Å². The van der Waals surface area contributed by atoms with Gasteiger partial charge in [-0.15, -0.1) is 0 Å². The van der Waals surface area contributed by atoms with Crippen molar-refractivity contribution in [2.75, 3.05) is 0 Å². The second-order valence-electron chi connectivity index (χ2n) is 7.56. The van der Waals surface area contributed by atoms with Gasteiger partial charge in [-0.25, -0.2) is 4.79 Å². The summed E-state index contributed by atoms with van der Waals surface area (Å²) in [7, 11) is 0. The molecule has 6 heteroatoms. The molecule has 0 unspecified atom stereocenters. The van der Waals surface area contributed by atoms with Crippen LogP contribution in [-0.2, 0) is 11.3 Å². The van der Waals surface area contributed by atoms with Crippen LogP contribution < -0.4 is 16.6 Å². The number of nitrogens with zero attached hydrogens (tertiary/aromatic N) is 1. The second-order valence-corrected chi connectivity index (χ2v) is 7.56. The van der Waals surface area contributed by atoms with Crippen molar-refractivity contribution in [2.45, 2.75) is 45.2 Å². The highest BCUT2D eigenvalue weighted by Crippen LogP contribution is 2.49. The largest absolute Gasteiger partial charge is 0.352 e. The fourth-order valence-corrected chi connectivity index (χ4v) is 4.86. The number of carbonyl (C=O) groups excluding carboxylic acids is 1. The van der Waals surface area contributed by atoms with Gasteiger partial charge in [-0.2, -0.15) is 0 Å². The molecule has 25 heavy (non-hydrogen) atoms. The van der Waals surface area contributed by atoms with Crippen molar-refractivity contribution >= 4 is 16.8 Å². The van der Waals surface area contributed by atoms with E-state index in [1.165, 1.54) is 30.3 Å². The van der Waals surface area contributed by atoms with Crippen LogP contribution in [0.4, 0.5) is 0 Å². The van der Waals surface area contributed by atoms with Gasteiger partial charge in [-0.05, 0) is 56.1 Å². The van der Waals surface area contributed by atoms with Crippen molar-refractivity contribution in [2.24, 2.45) is 17.8 Å². The number of amides is 1. The maximum absolute atomic E-state index is 12.5. The zero-order valence-corrected chi connectivity index (χ0v) is 14.3. The molecule has 1 aromatic heterocycles. The minimum absolute atomic E-state index is 0.0821. The first-order valence-electron chi connectivity index (χ1n) is 9.04. The van der Waals surface area contributed by atoms with Crippen molar-refractivity contribution in [3.8, 4) is 0 Å². The highest BCUT2D eigenvalue weighted by molar-refractivity contribution is 5.81. The predicted octanol–water partition coefficient (Wildman–Crippen LogP) is 1.63. The van der Waals surface area contributed by atoms with Crippen LogP contribution in [0.3, 0.4) is 0 Å². The summed E-state index contributed by atoms with van der Waals surface area (Å²) in [4.78, 5) is 38.8. The van der Waals surface area contributed by atoms with Gasteiger partial charge in [-0.1, -0.05) is 18.6 Å². The van der Waals surface area contributed by atoms with Crippen LogP contribution in [0.2, 0.25) is 0 Å². The lowest BCUT2D eigenvalue weighted by Crippen LogP contribution is -2.43. The molecule has 0 saturated heterocycles. The quantitative estimate of drug-likeness (QED) is 0.886. The second kappa shape index (κ2) is 6.17. The predicted molar refractivity (Wildman–Crippen MR) is 95.4 cm³/mol. The number of nitrogens with one attached hydrogen (secondary N) is 2. The number of carbonyl (C=O) groups is 1. The third-order valence-electron chi connectivity index (χ3n) is 6.03. The Hall–Kier alpha value is -2.37. The molecule has 1 amide bonds. The molecule has 2 aliphatic carbocycles. The standard InChI is InChI=1S/C19H23N3O3/c1-11(15-9-12-6-7-13(15)8-12)20-17(23)10-22-16-5-3-2-4-14(16)18(24)21-19(22)25/h2-5,11-13,15H,6-10H2,1H3,(H,20,23)(H,21,24,25)/t11-,12-,13-,15-/m0/s1.